The first-order valence-corrected chi connectivity index (χ1v) is 18.8. The lowest BCUT2D eigenvalue weighted by Gasteiger charge is -2.26. The summed E-state index contributed by atoms with van der Waals surface area (Å²) in [6.07, 6.45) is 0. The number of rotatable bonds is 3. The Morgan fingerprint density at radius 2 is 0.943 bits per heavy atom. The Morgan fingerprint density at radius 1 is 0.415 bits per heavy atom. The van der Waals surface area contributed by atoms with Crippen molar-refractivity contribution in [2.24, 2.45) is 0 Å². The fourth-order valence-corrected chi connectivity index (χ4v) is 9.64. The molecular weight excluding hydrogens is 643 g/mol. The maximum atomic E-state index is 6.70. The smallest absolute Gasteiger partial charge is 0.159 e. The van der Waals surface area contributed by atoms with E-state index in [4.69, 9.17) is 4.42 Å². The molecule has 2 aliphatic rings. The Hall–Kier alpha value is -6.12. The standard InChI is InChI=1S/C51H39NO/c1-30-13-11-18-37-38-19-12-20-47(49(38)53-48(30)37)52(35-16-7-6-8-17-35)36-22-21-33-25-40-42-29-45-41(28-46(42)51(4,5)44(40)27-34(33)23-36)39-24-31-14-9-10-15-32(31)26-43(39)50(45,2)3/h6-29H,1-5H3. The van der Waals surface area contributed by atoms with Crippen molar-refractivity contribution in [1.82, 2.24) is 0 Å². The number of anilines is 3. The molecule has 2 heteroatoms. The summed E-state index contributed by atoms with van der Waals surface area (Å²) < 4.78 is 6.70. The summed E-state index contributed by atoms with van der Waals surface area (Å²) in [6.45, 7) is 11.7. The number of aryl methyl sites for hydroxylation is 1. The molecule has 0 N–H and O–H groups in total. The number of fused-ring (bicyclic) bond motifs is 11. The van der Waals surface area contributed by atoms with Crippen molar-refractivity contribution in [2.45, 2.75) is 45.4 Å². The topological polar surface area (TPSA) is 16.4 Å². The molecule has 0 aliphatic heterocycles. The highest BCUT2D eigenvalue weighted by Gasteiger charge is 2.42. The molecule has 11 rings (SSSR count). The second-order valence-electron chi connectivity index (χ2n) is 16.2. The molecule has 0 spiro atoms. The normalized spacial score (nSPS) is 14.8. The molecule has 0 atom stereocenters. The van der Waals surface area contributed by atoms with Crippen LogP contribution in [0, 0.1) is 6.92 Å². The summed E-state index contributed by atoms with van der Waals surface area (Å²) in [5, 5.41) is 7.38. The molecule has 8 aromatic carbocycles. The number of hydrogen-bond donors (Lipinski definition) is 0. The van der Waals surface area contributed by atoms with Crippen LogP contribution in [0.3, 0.4) is 0 Å². The summed E-state index contributed by atoms with van der Waals surface area (Å²) in [5.41, 5.74) is 17.1. The molecule has 2 aliphatic carbocycles. The van der Waals surface area contributed by atoms with Gasteiger partial charge in [0.15, 0.2) is 5.58 Å². The van der Waals surface area contributed by atoms with Gasteiger partial charge in [0.1, 0.15) is 5.58 Å². The maximum Gasteiger partial charge on any atom is 0.159 e. The third kappa shape index (κ3) is 4.15. The van der Waals surface area contributed by atoms with Crippen LogP contribution >= 0.6 is 0 Å². The van der Waals surface area contributed by atoms with E-state index in [1.807, 2.05) is 0 Å². The van der Waals surface area contributed by atoms with Gasteiger partial charge in [0, 0.05) is 33.0 Å². The van der Waals surface area contributed by atoms with Crippen molar-refractivity contribution >= 4 is 60.5 Å². The Kier molecular flexibility index (Phi) is 6.03. The first kappa shape index (κ1) is 30.5. The lowest BCUT2D eigenvalue weighted by Crippen LogP contribution is -2.17. The zero-order valence-corrected chi connectivity index (χ0v) is 30.7. The molecule has 1 heterocycles. The van der Waals surface area contributed by atoms with Gasteiger partial charge in [-0.3, -0.25) is 0 Å². The van der Waals surface area contributed by atoms with Crippen LogP contribution in [0.4, 0.5) is 17.1 Å². The average molecular weight is 682 g/mol. The first-order chi connectivity index (χ1) is 25.7. The molecule has 53 heavy (non-hydrogen) atoms. The molecule has 0 fully saturated rings. The fourth-order valence-electron chi connectivity index (χ4n) is 9.64. The largest absolute Gasteiger partial charge is 0.454 e. The van der Waals surface area contributed by atoms with Gasteiger partial charge in [-0.15, -0.1) is 0 Å². The highest BCUT2D eigenvalue weighted by atomic mass is 16.3. The van der Waals surface area contributed by atoms with Gasteiger partial charge in [-0.2, -0.15) is 0 Å². The number of furan rings is 1. The molecule has 254 valence electrons. The summed E-state index contributed by atoms with van der Waals surface area (Å²) in [4.78, 5) is 2.35. The van der Waals surface area contributed by atoms with Gasteiger partial charge in [0.05, 0.1) is 5.69 Å². The van der Waals surface area contributed by atoms with Crippen molar-refractivity contribution < 1.29 is 4.42 Å². The minimum atomic E-state index is -0.148. The molecule has 0 bridgehead atoms. The van der Waals surface area contributed by atoms with Crippen molar-refractivity contribution in [2.75, 3.05) is 4.90 Å². The second kappa shape index (κ2) is 10.5. The predicted octanol–water partition coefficient (Wildman–Crippen LogP) is 14.3. The molecule has 0 saturated heterocycles. The van der Waals surface area contributed by atoms with Crippen molar-refractivity contribution in [3.63, 3.8) is 0 Å². The van der Waals surface area contributed by atoms with Crippen molar-refractivity contribution in [3.8, 4) is 22.3 Å². The third-order valence-electron chi connectivity index (χ3n) is 12.5. The van der Waals surface area contributed by atoms with E-state index in [0.717, 1.165) is 44.6 Å². The SMILES string of the molecule is Cc1cccc2c1oc1c(N(c3ccccc3)c3ccc4cc5c(cc4c3)C(C)(C)c3cc4c(cc3-5)C(C)(C)c3cc5ccccc5cc3-4)cccc12. The van der Waals surface area contributed by atoms with E-state index in [0.29, 0.717) is 0 Å². The molecular formula is C51H39NO. The number of nitrogens with zero attached hydrogens (tertiary/aromatic N) is 1. The molecule has 0 unspecified atom stereocenters. The second-order valence-corrected chi connectivity index (χ2v) is 16.2. The van der Waals surface area contributed by atoms with Crippen LogP contribution in [0.5, 0.6) is 0 Å². The summed E-state index contributed by atoms with van der Waals surface area (Å²) >= 11 is 0. The lowest BCUT2D eigenvalue weighted by molar-refractivity contribution is 0.653. The van der Waals surface area contributed by atoms with E-state index in [1.165, 1.54) is 66.1 Å². The van der Waals surface area contributed by atoms with Gasteiger partial charge in [-0.1, -0.05) is 107 Å². The van der Waals surface area contributed by atoms with E-state index in [2.05, 4.69) is 185 Å². The Labute approximate surface area is 309 Å². The quantitative estimate of drug-likeness (QED) is 0.185. The van der Waals surface area contributed by atoms with Crippen LogP contribution in [0.15, 0.2) is 150 Å². The number of hydrogen-bond acceptors (Lipinski definition) is 2. The van der Waals surface area contributed by atoms with Crippen LogP contribution < -0.4 is 4.90 Å². The molecule has 9 aromatic rings. The highest BCUT2D eigenvalue weighted by molar-refractivity contribution is 6.11. The van der Waals surface area contributed by atoms with Crippen LogP contribution in [0.1, 0.15) is 55.5 Å². The van der Waals surface area contributed by atoms with Crippen LogP contribution in [0.25, 0.3) is 65.7 Å². The Balaban J connectivity index is 1.08. The molecule has 2 nitrogen and oxygen atoms in total. The van der Waals surface area contributed by atoms with Gasteiger partial charge in [0.2, 0.25) is 0 Å². The highest BCUT2D eigenvalue weighted by Crippen LogP contribution is 2.57. The zero-order valence-electron chi connectivity index (χ0n) is 30.7. The molecule has 0 saturated carbocycles. The molecule has 0 amide bonds. The van der Waals surface area contributed by atoms with Crippen molar-refractivity contribution in [3.05, 3.63) is 173 Å². The summed E-state index contributed by atoms with van der Waals surface area (Å²) in [5.74, 6) is 0. The van der Waals surface area contributed by atoms with E-state index >= 15 is 0 Å². The predicted molar refractivity (Wildman–Crippen MR) is 223 cm³/mol. The van der Waals surface area contributed by atoms with Crippen LogP contribution in [-0.4, -0.2) is 0 Å². The molecule has 1 aromatic heterocycles. The number of para-hydroxylation sites is 3. The number of benzene rings is 8. The average Bonchev–Trinajstić information content (AvgIpc) is 3.74. The van der Waals surface area contributed by atoms with Gasteiger partial charge in [-0.25, -0.2) is 0 Å². The Bertz CT molecular complexity index is 3010. The minimum Gasteiger partial charge on any atom is -0.454 e. The maximum absolute atomic E-state index is 6.70. The monoisotopic (exact) mass is 681 g/mol. The minimum absolute atomic E-state index is 0.0787. The Morgan fingerprint density at radius 3 is 1.62 bits per heavy atom. The fraction of sp³-hybridized carbons (Fsp3) is 0.137. The molecule has 0 radical (unpaired) electrons. The van der Waals surface area contributed by atoms with E-state index in [9.17, 15) is 0 Å². The van der Waals surface area contributed by atoms with Crippen molar-refractivity contribution in [1.29, 1.82) is 0 Å². The summed E-state index contributed by atoms with van der Waals surface area (Å²) in [7, 11) is 0. The zero-order chi connectivity index (χ0) is 35.8. The van der Waals surface area contributed by atoms with E-state index < -0.39 is 0 Å². The van der Waals surface area contributed by atoms with E-state index in [1.54, 1.807) is 0 Å². The summed E-state index contributed by atoms with van der Waals surface area (Å²) in [6, 6.07) is 54.1. The van der Waals surface area contributed by atoms with E-state index in [-0.39, 0.29) is 10.8 Å². The lowest BCUT2D eigenvalue weighted by atomic mass is 9.79. The van der Waals surface area contributed by atoms with Crippen LogP contribution in [-0.2, 0) is 10.8 Å². The van der Waals surface area contributed by atoms with Gasteiger partial charge in [0.25, 0.3) is 0 Å². The third-order valence-corrected chi connectivity index (χ3v) is 12.5. The van der Waals surface area contributed by atoms with Gasteiger partial charge in [-0.05, 0) is 145 Å². The van der Waals surface area contributed by atoms with Gasteiger partial charge >= 0.3 is 0 Å². The van der Waals surface area contributed by atoms with Gasteiger partial charge < -0.3 is 9.32 Å². The van der Waals surface area contributed by atoms with Crippen LogP contribution in [0.2, 0.25) is 0 Å². The first-order valence-electron chi connectivity index (χ1n) is 18.8.